The minimum atomic E-state index is -0.478. The SMILES string of the molecule is CCC1(OC(=O)OC)CC2CC1C1C3CCC(C3)C21. The average molecular weight is 264 g/mol. The molecule has 106 valence electrons. The molecule has 0 spiro atoms. The monoisotopic (exact) mass is 264 g/mol. The molecule has 7 unspecified atom stereocenters. The van der Waals surface area contributed by atoms with Crippen LogP contribution in [0.15, 0.2) is 0 Å². The number of methoxy groups -OCH3 is 1. The van der Waals surface area contributed by atoms with Crippen LogP contribution in [0, 0.1) is 35.5 Å². The maximum absolute atomic E-state index is 11.6. The van der Waals surface area contributed by atoms with Gasteiger partial charge in [0.1, 0.15) is 5.60 Å². The lowest BCUT2D eigenvalue weighted by atomic mass is 9.65. The molecule has 4 fully saturated rings. The van der Waals surface area contributed by atoms with Gasteiger partial charge in [-0.25, -0.2) is 4.79 Å². The lowest BCUT2D eigenvalue weighted by Gasteiger charge is -2.45. The molecular formula is C16H24O3. The zero-order chi connectivity index (χ0) is 13.2. The molecule has 0 aromatic carbocycles. The first kappa shape index (κ1) is 12.0. The second-order valence-electron chi connectivity index (χ2n) is 7.27. The van der Waals surface area contributed by atoms with Crippen LogP contribution in [0.25, 0.3) is 0 Å². The molecule has 0 heterocycles. The summed E-state index contributed by atoms with van der Waals surface area (Å²) in [6.07, 6.45) is 7.21. The van der Waals surface area contributed by atoms with Crippen molar-refractivity contribution in [2.24, 2.45) is 35.5 Å². The van der Waals surface area contributed by atoms with E-state index < -0.39 is 6.16 Å². The Labute approximate surface area is 115 Å². The zero-order valence-electron chi connectivity index (χ0n) is 11.9. The van der Waals surface area contributed by atoms with Gasteiger partial charge in [0, 0.05) is 5.92 Å². The van der Waals surface area contributed by atoms with Crippen LogP contribution in [0.5, 0.6) is 0 Å². The molecule has 0 aliphatic heterocycles. The van der Waals surface area contributed by atoms with Gasteiger partial charge < -0.3 is 9.47 Å². The van der Waals surface area contributed by atoms with Crippen molar-refractivity contribution in [3.05, 3.63) is 0 Å². The second kappa shape index (κ2) is 3.89. The van der Waals surface area contributed by atoms with Crippen molar-refractivity contribution in [1.29, 1.82) is 0 Å². The highest BCUT2D eigenvalue weighted by Gasteiger charge is 2.67. The summed E-state index contributed by atoms with van der Waals surface area (Å²) >= 11 is 0. The average Bonchev–Trinajstić information content (AvgIpc) is 3.15. The molecule has 19 heavy (non-hydrogen) atoms. The summed E-state index contributed by atoms with van der Waals surface area (Å²) in [5, 5.41) is 0. The van der Waals surface area contributed by atoms with Crippen LogP contribution >= 0.6 is 0 Å². The summed E-state index contributed by atoms with van der Waals surface area (Å²) in [7, 11) is 1.42. The number of carbonyl (C=O) groups excluding carboxylic acids is 1. The van der Waals surface area contributed by atoms with E-state index in [0.29, 0.717) is 5.92 Å². The molecule has 4 saturated carbocycles. The Bertz CT molecular complexity index is 407. The van der Waals surface area contributed by atoms with Crippen LogP contribution in [0.4, 0.5) is 4.79 Å². The van der Waals surface area contributed by atoms with E-state index in [-0.39, 0.29) is 5.60 Å². The Balaban J connectivity index is 1.62. The number of ether oxygens (including phenoxy) is 2. The minimum absolute atomic E-state index is 0.205. The molecule has 4 aliphatic carbocycles. The fourth-order valence-corrected chi connectivity index (χ4v) is 6.50. The zero-order valence-corrected chi connectivity index (χ0v) is 11.9. The number of hydrogen-bond donors (Lipinski definition) is 0. The number of rotatable bonds is 2. The summed E-state index contributed by atoms with van der Waals surface area (Å²) in [6, 6.07) is 0. The van der Waals surface area contributed by atoms with E-state index in [2.05, 4.69) is 6.92 Å². The predicted octanol–water partition coefficient (Wildman–Crippen LogP) is 3.62. The van der Waals surface area contributed by atoms with Crippen molar-refractivity contribution >= 4 is 6.16 Å². The van der Waals surface area contributed by atoms with Crippen LogP contribution < -0.4 is 0 Å². The van der Waals surface area contributed by atoms with Gasteiger partial charge in [-0.1, -0.05) is 6.92 Å². The quantitative estimate of drug-likeness (QED) is 0.564. The third-order valence-corrected chi connectivity index (χ3v) is 6.95. The Kier molecular flexibility index (Phi) is 2.47. The molecule has 0 amide bonds. The van der Waals surface area contributed by atoms with Crippen molar-refractivity contribution in [2.75, 3.05) is 7.11 Å². The summed E-state index contributed by atoms with van der Waals surface area (Å²) in [5.41, 5.74) is -0.205. The van der Waals surface area contributed by atoms with E-state index in [1.54, 1.807) is 0 Å². The Morgan fingerprint density at radius 2 is 1.89 bits per heavy atom. The Morgan fingerprint density at radius 1 is 1.16 bits per heavy atom. The van der Waals surface area contributed by atoms with Crippen molar-refractivity contribution in [3.8, 4) is 0 Å². The fraction of sp³-hybridized carbons (Fsp3) is 0.938. The fourth-order valence-electron chi connectivity index (χ4n) is 6.50. The van der Waals surface area contributed by atoms with Gasteiger partial charge in [-0.3, -0.25) is 0 Å². The molecule has 7 atom stereocenters. The Hall–Kier alpha value is -0.730. The van der Waals surface area contributed by atoms with Crippen LogP contribution in [0.2, 0.25) is 0 Å². The van der Waals surface area contributed by atoms with E-state index >= 15 is 0 Å². The van der Waals surface area contributed by atoms with Crippen LogP contribution in [0.1, 0.15) is 45.4 Å². The summed E-state index contributed by atoms with van der Waals surface area (Å²) in [6.45, 7) is 2.17. The van der Waals surface area contributed by atoms with Crippen molar-refractivity contribution < 1.29 is 14.3 Å². The van der Waals surface area contributed by atoms with Crippen LogP contribution in [0.3, 0.4) is 0 Å². The lowest BCUT2D eigenvalue weighted by molar-refractivity contribution is -0.0942. The standard InChI is InChI=1S/C16H24O3/c1-3-16(19-15(17)18-2)8-11-7-12(16)14-10-5-4-9(6-10)13(11)14/h9-14H,3-8H2,1-2H3. The van der Waals surface area contributed by atoms with E-state index in [4.69, 9.17) is 9.47 Å². The first-order valence-corrected chi connectivity index (χ1v) is 7.95. The largest absolute Gasteiger partial charge is 0.508 e. The van der Waals surface area contributed by atoms with E-state index in [0.717, 1.165) is 42.4 Å². The third kappa shape index (κ3) is 1.42. The van der Waals surface area contributed by atoms with Gasteiger partial charge in [-0.2, -0.15) is 0 Å². The highest BCUT2D eigenvalue weighted by atomic mass is 16.7. The van der Waals surface area contributed by atoms with Gasteiger partial charge in [-0.15, -0.1) is 0 Å². The minimum Gasteiger partial charge on any atom is -0.438 e. The Morgan fingerprint density at radius 3 is 2.58 bits per heavy atom. The molecule has 4 rings (SSSR count). The van der Waals surface area contributed by atoms with Gasteiger partial charge in [0.05, 0.1) is 7.11 Å². The smallest absolute Gasteiger partial charge is 0.438 e. The predicted molar refractivity (Wildman–Crippen MR) is 70.5 cm³/mol. The maximum atomic E-state index is 11.6. The number of fused-ring (bicyclic) bond motifs is 9. The highest BCUT2D eigenvalue weighted by molar-refractivity contribution is 5.60. The molecule has 0 N–H and O–H groups in total. The second-order valence-corrected chi connectivity index (χ2v) is 7.27. The molecule has 0 aromatic heterocycles. The van der Waals surface area contributed by atoms with E-state index in [1.807, 2.05) is 0 Å². The molecular weight excluding hydrogens is 240 g/mol. The molecule has 4 bridgehead atoms. The number of hydrogen-bond acceptors (Lipinski definition) is 3. The summed E-state index contributed by atoms with van der Waals surface area (Å²) in [5.74, 6) is 5.17. The van der Waals surface area contributed by atoms with Gasteiger partial charge in [0.25, 0.3) is 0 Å². The van der Waals surface area contributed by atoms with Gasteiger partial charge in [0.15, 0.2) is 0 Å². The molecule has 3 heteroatoms. The van der Waals surface area contributed by atoms with E-state index in [1.165, 1.54) is 32.8 Å². The maximum Gasteiger partial charge on any atom is 0.508 e. The summed E-state index contributed by atoms with van der Waals surface area (Å²) in [4.78, 5) is 11.6. The molecule has 0 saturated heterocycles. The van der Waals surface area contributed by atoms with Crippen molar-refractivity contribution in [1.82, 2.24) is 0 Å². The highest BCUT2D eigenvalue weighted by Crippen LogP contribution is 2.70. The lowest BCUT2D eigenvalue weighted by Crippen LogP contribution is -2.47. The van der Waals surface area contributed by atoms with Crippen LogP contribution in [-0.4, -0.2) is 18.9 Å². The first-order chi connectivity index (χ1) is 9.18. The third-order valence-electron chi connectivity index (χ3n) is 6.95. The van der Waals surface area contributed by atoms with Crippen molar-refractivity contribution in [2.45, 2.75) is 51.0 Å². The van der Waals surface area contributed by atoms with Gasteiger partial charge in [0.2, 0.25) is 0 Å². The molecule has 3 nitrogen and oxygen atoms in total. The number of carbonyl (C=O) groups is 1. The van der Waals surface area contributed by atoms with Crippen molar-refractivity contribution in [3.63, 3.8) is 0 Å². The van der Waals surface area contributed by atoms with E-state index in [9.17, 15) is 4.79 Å². The first-order valence-electron chi connectivity index (χ1n) is 7.95. The topological polar surface area (TPSA) is 35.5 Å². The van der Waals surface area contributed by atoms with Gasteiger partial charge >= 0.3 is 6.16 Å². The molecule has 0 radical (unpaired) electrons. The molecule has 4 aliphatic rings. The normalized spacial score (nSPS) is 53.4. The summed E-state index contributed by atoms with van der Waals surface area (Å²) < 4.78 is 10.5. The van der Waals surface area contributed by atoms with Crippen LogP contribution in [-0.2, 0) is 9.47 Å². The van der Waals surface area contributed by atoms with Gasteiger partial charge in [-0.05, 0) is 68.1 Å². The molecule has 0 aromatic rings.